The summed E-state index contributed by atoms with van der Waals surface area (Å²) < 4.78 is 5.40. The number of cyclic esters (lactones) is 1. The number of nitrogens with one attached hydrogen (secondary N) is 1. The number of benzene rings is 2. The highest BCUT2D eigenvalue weighted by Gasteiger charge is 2.47. The van der Waals surface area contributed by atoms with Crippen LogP contribution in [-0.4, -0.2) is 29.6 Å². The van der Waals surface area contributed by atoms with Gasteiger partial charge in [0.2, 0.25) is 5.91 Å². The number of hydrogen-bond donors (Lipinski definition) is 1. The number of rotatable bonds is 3. The van der Waals surface area contributed by atoms with Gasteiger partial charge < -0.3 is 10.1 Å². The van der Waals surface area contributed by atoms with E-state index >= 15 is 0 Å². The van der Waals surface area contributed by atoms with E-state index in [0.717, 1.165) is 16.8 Å². The Morgan fingerprint density at radius 3 is 2.46 bits per heavy atom. The quantitative estimate of drug-likeness (QED) is 0.860. The maximum Gasteiger partial charge on any atom is 0.325 e. The van der Waals surface area contributed by atoms with Gasteiger partial charge in [0.25, 0.3) is 0 Å². The molecule has 0 radical (unpaired) electrons. The molecule has 1 amide bonds. The number of hydroxylamine groups is 2. The lowest BCUT2D eigenvalue weighted by Crippen LogP contribution is -2.46. The third-order valence-electron chi connectivity index (χ3n) is 4.74. The number of ether oxygens (including phenoxy) is 1. The van der Waals surface area contributed by atoms with Gasteiger partial charge in [-0.2, -0.15) is 5.06 Å². The van der Waals surface area contributed by atoms with E-state index in [-0.39, 0.29) is 30.6 Å². The smallest absolute Gasteiger partial charge is 0.325 e. The first-order valence-corrected chi connectivity index (χ1v) is 8.66. The number of hydrogen-bond acceptors (Lipinski definition) is 5. The van der Waals surface area contributed by atoms with Crippen LogP contribution in [0.1, 0.15) is 36.6 Å². The number of carbonyl (C=O) groups is 2. The zero-order valence-electron chi connectivity index (χ0n) is 14.4. The number of anilines is 1. The van der Waals surface area contributed by atoms with Crippen LogP contribution in [0.25, 0.3) is 0 Å². The van der Waals surface area contributed by atoms with E-state index in [4.69, 9.17) is 9.57 Å². The van der Waals surface area contributed by atoms with Crippen LogP contribution < -0.4 is 5.32 Å². The van der Waals surface area contributed by atoms with Crippen molar-refractivity contribution in [2.24, 2.45) is 0 Å². The molecule has 0 bridgehead atoms. The van der Waals surface area contributed by atoms with Gasteiger partial charge in [0.05, 0.1) is 6.04 Å². The Morgan fingerprint density at radius 1 is 1.04 bits per heavy atom. The summed E-state index contributed by atoms with van der Waals surface area (Å²) >= 11 is 0. The Hall–Kier alpha value is -2.70. The predicted octanol–water partition coefficient (Wildman–Crippen LogP) is 2.99. The van der Waals surface area contributed by atoms with E-state index in [1.807, 2.05) is 54.6 Å². The molecule has 0 spiro atoms. The monoisotopic (exact) mass is 352 g/mol. The summed E-state index contributed by atoms with van der Waals surface area (Å²) in [5.74, 6) is -0.352. The molecule has 6 heteroatoms. The van der Waals surface area contributed by atoms with Crippen molar-refractivity contribution < 1.29 is 19.2 Å². The fourth-order valence-electron chi connectivity index (χ4n) is 3.49. The number of morpholine rings is 1. The molecule has 2 saturated heterocycles. The molecule has 0 unspecified atom stereocenters. The van der Waals surface area contributed by atoms with Crippen molar-refractivity contribution in [1.82, 2.24) is 5.06 Å². The number of esters is 1. The Bertz CT molecular complexity index is 806. The van der Waals surface area contributed by atoms with Crippen LogP contribution in [0, 0.1) is 0 Å². The minimum absolute atomic E-state index is 0.109. The number of fused-ring (bicyclic) bond motifs is 1. The lowest BCUT2D eigenvalue weighted by Gasteiger charge is -2.34. The van der Waals surface area contributed by atoms with E-state index in [9.17, 15) is 9.59 Å². The van der Waals surface area contributed by atoms with Crippen molar-refractivity contribution in [3.63, 3.8) is 0 Å². The van der Waals surface area contributed by atoms with Gasteiger partial charge in [-0.25, -0.2) is 0 Å². The second kappa shape index (κ2) is 6.90. The molecule has 3 atom stereocenters. The van der Waals surface area contributed by atoms with Crippen molar-refractivity contribution in [2.75, 3.05) is 11.9 Å². The van der Waals surface area contributed by atoms with E-state index in [1.54, 1.807) is 5.06 Å². The summed E-state index contributed by atoms with van der Waals surface area (Å²) in [6.07, 6.45) is 0.324. The molecule has 2 aliphatic heterocycles. The molecule has 6 nitrogen and oxygen atoms in total. The summed E-state index contributed by atoms with van der Waals surface area (Å²) in [7, 11) is 0. The van der Waals surface area contributed by atoms with E-state index < -0.39 is 6.04 Å². The van der Waals surface area contributed by atoms with Crippen molar-refractivity contribution in [2.45, 2.75) is 31.5 Å². The van der Waals surface area contributed by atoms with Gasteiger partial charge in [0.15, 0.2) is 0 Å². The van der Waals surface area contributed by atoms with E-state index in [1.165, 1.54) is 6.92 Å². The highest BCUT2D eigenvalue weighted by Crippen LogP contribution is 2.41. The highest BCUT2D eigenvalue weighted by atomic mass is 16.7. The third-order valence-corrected chi connectivity index (χ3v) is 4.74. The van der Waals surface area contributed by atoms with Crippen LogP contribution in [-0.2, 0) is 19.2 Å². The second-order valence-electron chi connectivity index (χ2n) is 6.57. The number of carbonyl (C=O) groups excluding carboxylic acids is 2. The summed E-state index contributed by atoms with van der Waals surface area (Å²) in [5, 5.41) is 4.53. The lowest BCUT2D eigenvalue weighted by atomic mass is 10.00. The summed E-state index contributed by atoms with van der Waals surface area (Å²) in [6.45, 7) is 1.76. The highest BCUT2D eigenvalue weighted by molar-refractivity contribution is 5.88. The minimum Gasteiger partial charge on any atom is -0.462 e. The zero-order valence-corrected chi connectivity index (χ0v) is 14.4. The van der Waals surface area contributed by atoms with Crippen molar-refractivity contribution in [1.29, 1.82) is 0 Å². The normalized spacial score (nSPS) is 25.4. The topological polar surface area (TPSA) is 67.9 Å². The molecule has 0 saturated carbocycles. The van der Waals surface area contributed by atoms with Crippen LogP contribution in [0.4, 0.5) is 5.69 Å². The molecule has 0 aliphatic carbocycles. The maximum atomic E-state index is 12.2. The Morgan fingerprint density at radius 2 is 1.77 bits per heavy atom. The van der Waals surface area contributed by atoms with Gasteiger partial charge in [0.1, 0.15) is 18.8 Å². The fraction of sp³-hybridized carbons (Fsp3) is 0.300. The van der Waals surface area contributed by atoms with Crippen molar-refractivity contribution in [3.05, 3.63) is 65.7 Å². The van der Waals surface area contributed by atoms with Gasteiger partial charge in [-0.1, -0.05) is 42.5 Å². The van der Waals surface area contributed by atoms with Crippen LogP contribution >= 0.6 is 0 Å². The number of amides is 1. The molecular formula is C20H20N2O4. The molecule has 2 heterocycles. The largest absolute Gasteiger partial charge is 0.462 e. The zero-order chi connectivity index (χ0) is 18.1. The van der Waals surface area contributed by atoms with Gasteiger partial charge in [-0.3, -0.25) is 14.4 Å². The minimum atomic E-state index is -0.408. The van der Waals surface area contributed by atoms with Crippen molar-refractivity contribution in [3.8, 4) is 0 Å². The molecule has 1 N–H and O–H groups in total. The third kappa shape index (κ3) is 3.21. The Labute approximate surface area is 151 Å². The molecule has 2 aromatic carbocycles. The van der Waals surface area contributed by atoms with Gasteiger partial charge in [-0.15, -0.1) is 0 Å². The molecule has 4 rings (SSSR count). The molecule has 2 fully saturated rings. The maximum absolute atomic E-state index is 12.2. The Balaban J connectivity index is 1.54. The van der Waals surface area contributed by atoms with Crippen LogP contribution in [0.2, 0.25) is 0 Å². The first-order valence-electron chi connectivity index (χ1n) is 8.66. The first-order chi connectivity index (χ1) is 12.6. The number of nitrogens with zero attached hydrogens (tertiary/aromatic N) is 1. The van der Waals surface area contributed by atoms with E-state index in [2.05, 4.69) is 5.32 Å². The molecule has 134 valence electrons. The SMILES string of the molecule is CC(=O)Nc1ccc([C@@H]2C[C@H]3C(=O)OC[C@H](c4ccccc4)N3O2)cc1. The molecule has 2 aliphatic rings. The molecule has 2 aromatic rings. The van der Waals surface area contributed by atoms with Gasteiger partial charge >= 0.3 is 5.97 Å². The van der Waals surface area contributed by atoms with Gasteiger partial charge in [-0.05, 0) is 23.3 Å². The Kier molecular flexibility index (Phi) is 4.44. The summed E-state index contributed by atoms with van der Waals surface area (Å²) in [5.41, 5.74) is 2.76. The van der Waals surface area contributed by atoms with Crippen LogP contribution in [0.15, 0.2) is 54.6 Å². The summed E-state index contributed by atoms with van der Waals surface area (Å²) in [4.78, 5) is 29.5. The average Bonchev–Trinajstić information content (AvgIpc) is 3.09. The second-order valence-corrected chi connectivity index (χ2v) is 6.57. The first kappa shape index (κ1) is 16.8. The van der Waals surface area contributed by atoms with Crippen LogP contribution in [0.5, 0.6) is 0 Å². The van der Waals surface area contributed by atoms with Gasteiger partial charge in [0, 0.05) is 19.0 Å². The lowest BCUT2D eigenvalue weighted by molar-refractivity contribution is -0.228. The molecule has 0 aromatic heterocycles. The van der Waals surface area contributed by atoms with E-state index in [0.29, 0.717) is 6.42 Å². The molecular weight excluding hydrogens is 332 g/mol. The predicted molar refractivity (Wildman–Crippen MR) is 95.0 cm³/mol. The molecule has 26 heavy (non-hydrogen) atoms. The summed E-state index contributed by atoms with van der Waals surface area (Å²) in [6, 6.07) is 16.9. The average molecular weight is 352 g/mol. The fourth-order valence-corrected chi connectivity index (χ4v) is 3.49. The van der Waals surface area contributed by atoms with Crippen molar-refractivity contribution >= 4 is 17.6 Å². The van der Waals surface area contributed by atoms with Crippen LogP contribution in [0.3, 0.4) is 0 Å². The standard InChI is InChI=1S/C20H20N2O4/c1-13(23)21-16-9-7-15(8-10-16)19-11-17-20(24)25-12-18(22(17)26-19)14-5-3-2-4-6-14/h2-10,17-19H,11-12H2,1H3,(H,21,23)/t17-,18+,19-/m0/s1.